The minimum Gasteiger partial charge on any atom is -0.456 e. The van der Waals surface area contributed by atoms with E-state index in [-0.39, 0.29) is 22.9 Å². The molecule has 0 radical (unpaired) electrons. The van der Waals surface area contributed by atoms with Crippen LogP contribution < -0.4 is 5.32 Å². The summed E-state index contributed by atoms with van der Waals surface area (Å²) >= 11 is 12.0. The molecule has 0 bridgehead atoms. The molecule has 1 amide bonds. The monoisotopic (exact) mass is 532 g/mol. The van der Waals surface area contributed by atoms with Crippen molar-refractivity contribution in [2.45, 2.75) is 23.8 Å². The van der Waals surface area contributed by atoms with E-state index in [0.29, 0.717) is 17.1 Å². The lowest BCUT2D eigenvalue weighted by Gasteiger charge is -2.36. The van der Waals surface area contributed by atoms with Crippen molar-refractivity contribution in [1.82, 2.24) is 4.31 Å². The summed E-state index contributed by atoms with van der Waals surface area (Å²) in [5.41, 5.74) is 2.00. The topological polar surface area (TPSA) is 92.8 Å². The zero-order chi connectivity index (χ0) is 25.0. The Hall–Kier alpha value is -2.91. The summed E-state index contributed by atoms with van der Waals surface area (Å²) in [6, 6.07) is 19.3. The van der Waals surface area contributed by atoms with Gasteiger partial charge in [-0.25, -0.2) is 8.42 Å². The fourth-order valence-electron chi connectivity index (χ4n) is 4.00. The number of benzene rings is 3. The summed E-state index contributed by atoms with van der Waals surface area (Å²) in [5.74, 6) is -1.30. The zero-order valence-electron chi connectivity index (χ0n) is 18.5. The van der Waals surface area contributed by atoms with Gasteiger partial charge >= 0.3 is 5.97 Å². The van der Waals surface area contributed by atoms with Gasteiger partial charge in [0, 0.05) is 11.6 Å². The maximum absolute atomic E-state index is 13.4. The first-order valence-corrected chi connectivity index (χ1v) is 13.0. The molecule has 1 N–H and O–H groups in total. The molecule has 1 unspecified atom stereocenters. The molecule has 0 saturated carbocycles. The molecule has 1 aliphatic rings. The van der Waals surface area contributed by atoms with Crippen LogP contribution in [0.25, 0.3) is 0 Å². The number of hydrogen-bond acceptors (Lipinski definition) is 5. The number of anilines is 1. The fourth-order valence-corrected chi connectivity index (χ4v) is 5.96. The number of carbonyl (C=O) groups is 2. The molecule has 7 nitrogen and oxygen atoms in total. The molecule has 1 aliphatic heterocycles. The summed E-state index contributed by atoms with van der Waals surface area (Å²) in [5, 5.41) is 3.21. The maximum atomic E-state index is 13.4. The van der Waals surface area contributed by atoms with Crippen LogP contribution in [0.2, 0.25) is 10.0 Å². The van der Waals surface area contributed by atoms with Crippen LogP contribution in [0.4, 0.5) is 5.69 Å². The Morgan fingerprint density at radius 2 is 1.71 bits per heavy atom. The van der Waals surface area contributed by atoms with Crippen LogP contribution in [0.1, 0.15) is 23.6 Å². The molecule has 0 spiro atoms. The number of amides is 1. The highest BCUT2D eigenvalue weighted by molar-refractivity contribution is 7.89. The third-order valence-corrected chi connectivity index (χ3v) is 8.13. The third kappa shape index (κ3) is 5.85. The van der Waals surface area contributed by atoms with Crippen LogP contribution in [0.5, 0.6) is 0 Å². The summed E-state index contributed by atoms with van der Waals surface area (Å²) in [4.78, 5) is 25.2. The van der Waals surface area contributed by atoms with Gasteiger partial charge in [-0.2, -0.15) is 4.31 Å². The van der Waals surface area contributed by atoms with Gasteiger partial charge in [0.05, 0.1) is 28.1 Å². The van der Waals surface area contributed by atoms with Crippen molar-refractivity contribution in [3.63, 3.8) is 0 Å². The van der Waals surface area contributed by atoms with Gasteiger partial charge in [-0.1, -0.05) is 65.7 Å². The second kappa shape index (κ2) is 10.8. The van der Waals surface area contributed by atoms with Crippen LogP contribution in [-0.4, -0.2) is 37.8 Å². The molecule has 3 aromatic rings. The van der Waals surface area contributed by atoms with Crippen LogP contribution in [0.15, 0.2) is 77.7 Å². The smallest absolute Gasteiger partial charge is 0.308 e. The predicted molar refractivity (Wildman–Crippen MR) is 134 cm³/mol. The molecular weight excluding hydrogens is 511 g/mol. The van der Waals surface area contributed by atoms with Gasteiger partial charge in [-0.3, -0.25) is 9.59 Å². The Labute approximate surface area is 213 Å². The summed E-state index contributed by atoms with van der Waals surface area (Å²) in [6.45, 7) is -0.332. The zero-order valence-corrected chi connectivity index (χ0v) is 20.8. The van der Waals surface area contributed by atoms with Gasteiger partial charge in [-0.15, -0.1) is 0 Å². The quantitative estimate of drug-likeness (QED) is 0.439. The number of halogens is 2. The van der Waals surface area contributed by atoms with Gasteiger partial charge in [0.1, 0.15) is 0 Å². The minimum absolute atomic E-state index is 0.149. The van der Waals surface area contributed by atoms with Gasteiger partial charge in [0.25, 0.3) is 5.91 Å². The largest absolute Gasteiger partial charge is 0.456 e. The van der Waals surface area contributed by atoms with E-state index in [4.69, 9.17) is 27.9 Å². The Morgan fingerprint density at radius 1 is 1.00 bits per heavy atom. The number of nitrogens with one attached hydrogen (secondary N) is 1. The van der Waals surface area contributed by atoms with Crippen molar-refractivity contribution in [2.75, 3.05) is 18.5 Å². The number of ether oxygens (including phenoxy) is 1. The molecule has 0 aliphatic carbocycles. The van der Waals surface area contributed by atoms with Crippen molar-refractivity contribution in [2.24, 2.45) is 0 Å². The second-order valence-electron chi connectivity index (χ2n) is 7.93. The highest BCUT2D eigenvalue weighted by atomic mass is 35.5. The number of rotatable bonds is 7. The Kier molecular flexibility index (Phi) is 7.76. The van der Waals surface area contributed by atoms with Crippen molar-refractivity contribution in [3.05, 3.63) is 94.0 Å². The molecule has 1 heterocycles. The lowest BCUT2D eigenvalue weighted by Crippen LogP contribution is -2.41. The number of nitrogens with zero attached hydrogens (tertiary/aromatic N) is 1. The number of carbonyl (C=O) groups excluding carboxylic acids is 2. The van der Waals surface area contributed by atoms with E-state index in [2.05, 4.69) is 5.32 Å². The molecule has 0 fully saturated rings. The van der Waals surface area contributed by atoms with Crippen LogP contribution in [-0.2, 0) is 30.8 Å². The van der Waals surface area contributed by atoms with E-state index in [1.54, 1.807) is 30.3 Å². The predicted octanol–water partition coefficient (Wildman–Crippen LogP) is 4.85. The highest BCUT2D eigenvalue weighted by Gasteiger charge is 2.37. The minimum atomic E-state index is -3.86. The van der Waals surface area contributed by atoms with E-state index in [1.165, 1.54) is 28.6 Å². The first kappa shape index (κ1) is 25.2. The number of sulfonamides is 1. The average Bonchev–Trinajstić information content (AvgIpc) is 2.85. The molecule has 10 heteroatoms. The molecular formula is C25H22Cl2N2O5S. The lowest BCUT2D eigenvalue weighted by molar-refractivity contribution is -0.148. The molecule has 182 valence electrons. The van der Waals surface area contributed by atoms with E-state index < -0.39 is 34.5 Å². The molecule has 0 aromatic heterocycles. The van der Waals surface area contributed by atoms with Gasteiger partial charge in [-0.05, 0) is 47.9 Å². The molecule has 35 heavy (non-hydrogen) atoms. The van der Waals surface area contributed by atoms with Crippen molar-refractivity contribution >= 4 is 50.8 Å². The molecule has 4 rings (SSSR count). The van der Waals surface area contributed by atoms with Crippen LogP contribution >= 0.6 is 23.2 Å². The van der Waals surface area contributed by atoms with Crippen LogP contribution in [0.3, 0.4) is 0 Å². The molecule has 1 atom stereocenters. The summed E-state index contributed by atoms with van der Waals surface area (Å²) in [7, 11) is -3.86. The normalized spacial score (nSPS) is 15.8. The molecule has 0 saturated heterocycles. The standard InChI is InChI=1S/C25H22Cl2N2O5S/c26-18-10-11-21(27)22(14-18)28-24(30)16-34-25(31)15-23-20-9-5-4-6-17(20)12-13-29(23)35(32,33)19-7-2-1-3-8-19/h1-11,14,23H,12-13,15-16H2,(H,28,30). The van der Waals surface area contributed by atoms with Gasteiger partial charge in [0.15, 0.2) is 6.61 Å². The number of fused-ring (bicyclic) bond motifs is 1. The highest BCUT2D eigenvalue weighted by Crippen LogP contribution is 2.36. The Bertz CT molecular complexity index is 1350. The van der Waals surface area contributed by atoms with Crippen molar-refractivity contribution in [1.29, 1.82) is 0 Å². The van der Waals surface area contributed by atoms with Crippen molar-refractivity contribution in [3.8, 4) is 0 Å². The van der Waals surface area contributed by atoms with E-state index in [0.717, 1.165) is 11.1 Å². The summed E-state index contributed by atoms with van der Waals surface area (Å²) in [6.07, 6.45) is 0.283. The first-order chi connectivity index (χ1) is 16.8. The van der Waals surface area contributed by atoms with E-state index >= 15 is 0 Å². The Balaban J connectivity index is 1.49. The number of esters is 1. The van der Waals surface area contributed by atoms with E-state index in [1.807, 2.05) is 18.2 Å². The third-order valence-electron chi connectivity index (χ3n) is 5.64. The Morgan fingerprint density at radius 3 is 2.49 bits per heavy atom. The van der Waals surface area contributed by atoms with E-state index in [9.17, 15) is 18.0 Å². The molecule has 3 aromatic carbocycles. The van der Waals surface area contributed by atoms with Crippen LogP contribution in [0, 0.1) is 0 Å². The van der Waals surface area contributed by atoms with Gasteiger partial charge in [0.2, 0.25) is 10.0 Å². The van der Waals surface area contributed by atoms with Crippen molar-refractivity contribution < 1.29 is 22.7 Å². The summed E-state index contributed by atoms with van der Waals surface area (Å²) < 4.78 is 33.3. The first-order valence-electron chi connectivity index (χ1n) is 10.8. The average molecular weight is 533 g/mol. The lowest BCUT2D eigenvalue weighted by atomic mass is 9.92. The fraction of sp³-hybridized carbons (Fsp3) is 0.200. The second-order valence-corrected chi connectivity index (χ2v) is 10.7. The van der Waals surface area contributed by atoms with Gasteiger partial charge < -0.3 is 10.1 Å². The maximum Gasteiger partial charge on any atom is 0.308 e. The number of hydrogen-bond donors (Lipinski definition) is 1. The SMILES string of the molecule is O=C(COC(=O)CC1c2ccccc2CCN1S(=O)(=O)c1ccccc1)Nc1cc(Cl)ccc1Cl.